The molecular weight excluding hydrogens is 320 g/mol. The zero-order valence-electron chi connectivity index (χ0n) is 14.8. The maximum absolute atomic E-state index is 12.9. The Morgan fingerprint density at radius 2 is 1.96 bits per heavy atom. The highest BCUT2D eigenvalue weighted by atomic mass is 16.2. The molecule has 0 radical (unpaired) electrons. The number of nitrogens with zero attached hydrogens (tertiary/aromatic N) is 8. The van der Waals surface area contributed by atoms with Crippen LogP contribution >= 0.6 is 0 Å². The normalized spacial score (nSPS) is 14.0. The van der Waals surface area contributed by atoms with E-state index in [0.717, 1.165) is 29.1 Å². The van der Waals surface area contributed by atoms with Gasteiger partial charge in [0, 0.05) is 45.4 Å². The van der Waals surface area contributed by atoms with Gasteiger partial charge in [0.2, 0.25) is 0 Å². The van der Waals surface area contributed by atoms with E-state index >= 15 is 0 Å². The Morgan fingerprint density at radius 3 is 2.60 bits per heavy atom. The van der Waals surface area contributed by atoms with Gasteiger partial charge in [-0.15, -0.1) is 10.2 Å². The van der Waals surface area contributed by atoms with Crippen molar-refractivity contribution < 1.29 is 4.79 Å². The third-order valence-electron chi connectivity index (χ3n) is 4.67. The van der Waals surface area contributed by atoms with Gasteiger partial charge in [0.05, 0.1) is 12.2 Å². The molecule has 4 heterocycles. The van der Waals surface area contributed by atoms with E-state index in [1.165, 1.54) is 0 Å². The number of rotatable bonds is 2. The zero-order chi connectivity index (χ0) is 17.7. The van der Waals surface area contributed by atoms with E-state index in [4.69, 9.17) is 0 Å². The smallest absolute Gasteiger partial charge is 0.272 e. The second-order valence-electron chi connectivity index (χ2n) is 6.43. The minimum absolute atomic E-state index is 0.0125. The van der Waals surface area contributed by atoms with Gasteiger partial charge in [-0.2, -0.15) is 10.2 Å². The molecule has 1 amide bonds. The molecule has 0 spiro atoms. The summed E-state index contributed by atoms with van der Waals surface area (Å²) < 4.78 is 5.36. The van der Waals surface area contributed by atoms with Crippen molar-refractivity contribution in [3.8, 4) is 11.5 Å². The molecule has 1 aliphatic rings. The van der Waals surface area contributed by atoms with Crippen LogP contribution in [0.4, 0.5) is 0 Å². The first-order chi connectivity index (χ1) is 12.0. The molecule has 0 bridgehead atoms. The molecule has 25 heavy (non-hydrogen) atoms. The minimum Gasteiger partial charge on any atom is -0.332 e. The van der Waals surface area contributed by atoms with Gasteiger partial charge in [-0.05, 0) is 13.0 Å². The predicted octanol–water partition coefficient (Wildman–Crippen LogP) is 0.456. The summed E-state index contributed by atoms with van der Waals surface area (Å²) >= 11 is 0. The topological polar surface area (TPSA) is 86.7 Å². The summed E-state index contributed by atoms with van der Waals surface area (Å²) in [7, 11) is 5.62. The Hall–Kier alpha value is -2.97. The second-order valence-corrected chi connectivity index (χ2v) is 6.43. The van der Waals surface area contributed by atoms with Crippen molar-refractivity contribution in [1.29, 1.82) is 0 Å². The number of carbonyl (C=O) groups is 1. The van der Waals surface area contributed by atoms with Gasteiger partial charge in [-0.25, -0.2) is 0 Å². The van der Waals surface area contributed by atoms with Crippen LogP contribution < -0.4 is 0 Å². The van der Waals surface area contributed by atoms with E-state index in [2.05, 4.69) is 20.4 Å². The van der Waals surface area contributed by atoms with E-state index in [1.807, 2.05) is 41.2 Å². The Labute approximate surface area is 144 Å². The van der Waals surface area contributed by atoms with Crippen molar-refractivity contribution in [3.05, 3.63) is 35.0 Å². The molecule has 0 fully saturated rings. The molecule has 3 aromatic heterocycles. The average molecular weight is 340 g/mol. The van der Waals surface area contributed by atoms with Crippen LogP contribution in [0.2, 0.25) is 0 Å². The van der Waals surface area contributed by atoms with E-state index in [1.54, 1.807) is 18.1 Å². The van der Waals surface area contributed by atoms with Crippen LogP contribution in [0.25, 0.3) is 11.5 Å². The first-order valence-corrected chi connectivity index (χ1v) is 8.14. The first kappa shape index (κ1) is 15.6. The van der Waals surface area contributed by atoms with Crippen LogP contribution in [-0.4, -0.2) is 51.7 Å². The first-order valence-electron chi connectivity index (χ1n) is 8.14. The number of carbonyl (C=O) groups excluding carboxylic acids is 1. The molecule has 3 aromatic rings. The summed E-state index contributed by atoms with van der Waals surface area (Å²) in [5, 5.41) is 17.0. The monoisotopic (exact) mass is 340 g/mol. The van der Waals surface area contributed by atoms with E-state index in [-0.39, 0.29) is 5.91 Å². The maximum atomic E-state index is 12.9. The third-order valence-corrected chi connectivity index (χ3v) is 4.67. The van der Waals surface area contributed by atoms with Gasteiger partial charge in [0.15, 0.2) is 5.82 Å². The number of aromatic nitrogens is 7. The van der Waals surface area contributed by atoms with Crippen LogP contribution in [0, 0.1) is 6.92 Å². The van der Waals surface area contributed by atoms with Crippen LogP contribution in [0.15, 0.2) is 12.4 Å². The lowest BCUT2D eigenvalue weighted by molar-refractivity contribution is 0.0722. The van der Waals surface area contributed by atoms with Gasteiger partial charge >= 0.3 is 0 Å². The quantitative estimate of drug-likeness (QED) is 0.676. The summed E-state index contributed by atoms with van der Waals surface area (Å²) in [6.45, 7) is 3.06. The highest BCUT2D eigenvalue weighted by molar-refractivity contribution is 5.93. The van der Waals surface area contributed by atoms with Crippen LogP contribution in [0.1, 0.15) is 27.4 Å². The predicted molar refractivity (Wildman–Crippen MR) is 89.6 cm³/mol. The molecule has 1 aliphatic heterocycles. The molecular formula is C16H20N8O. The molecule has 0 atom stereocenters. The summed E-state index contributed by atoms with van der Waals surface area (Å²) in [5.74, 6) is 0.698. The Balaban J connectivity index is 1.70. The molecule has 9 nitrogen and oxygen atoms in total. The molecule has 0 saturated carbocycles. The Morgan fingerprint density at radius 1 is 1.16 bits per heavy atom. The van der Waals surface area contributed by atoms with Gasteiger partial charge in [-0.3, -0.25) is 14.2 Å². The van der Waals surface area contributed by atoms with E-state index in [9.17, 15) is 4.79 Å². The minimum atomic E-state index is -0.0125. The van der Waals surface area contributed by atoms with Gasteiger partial charge in [-0.1, -0.05) is 0 Å². The van der Waals surface area contributed by atoms with Crippen LogP contribution in [-0.2, 0) is 34.1 Å². The SMILES string of the molecule is Cc1cc(C(=O)N2CCc3c(c(-c4nncn4C)nn3C)C2)n(C)n1. The number of aryl methyl sites for hydroxylation is 4. The van der Waals surface area contributed by atoms with Crippen molar-refractivity contribution >= 4 is 5.91 Å². The molecule has 0 aromatic carbocycles. The number of hydrogen-bond acceptors (Lipinski definition) is 5. The van der Waals surface area contributed by atoms with Gasteiger partial charge in [0.1, 0.15) is 17.7 Å². The highest BCUT2D eigenvalue weighted by Gasteiger charge is 2.30. The number of hydrogen-bond donors (Lipinski definition) is 0. The fourth-order valence-corrected chi connectivity index (χ4v) is 3.42. The Kier molecular flexibility index (Phi) is 3.45. The van der Waals surface area contributed by atoms with Gasteiger partial charge in [0.25, 0.3) is 5.91 Å². The van der Waals surface area contributed by atoms with Crippen molar-refractivity contribution in [2.75, 3.05) is 6.54 Å². The standard InChI is InChI=1S/C16H20N8O/c1-10-7-13(23(4)19-10)16(25)24-6-5-12-11(8-24)14(20-22(12)3)15-18-17-9-21(15)2/h7,9H,5-6,8H2,1-4H3. The lowest BCUT2D eigenvalue weighted by Crippen LogP contribution is -2.37. The summed E-state index contributed by atoms with van der Waals surface area (Å²) in [6.07, 6.45) is 2.42. The fourth-order valence-electron chi connectivity index (χ4n) is 3.42. The molecule has 0 unspecified atom stereocenters. The molecule has 0 saturated heterocycles. The van der Waals surface area contributed by atoms with Crippen LogP contribution in [0.3, 0.4) is 0 Å². The molecule has 0 aliphatic carbocycles. The second kappa shape index (κ2) is 5.54. The molecule has 0 N–H and O–H groups in total. The highest BCUT2D eigenvalue weighted by Crippen LogP contribution is 2.29. The van der Waals surface area contributed by atoms with Gasteiger partial charge < -0.3 is 9.47 Å². The number of amides is 1. The largest absolute Gasteiger partial charge is 0.332 e. The summed E-state index contributed by atoms with van der Waals surface area (Å²) in [6, 6.07) is 1.82. The lowest BCUT2D eigenvalue weighted by Gasteiger charge is -2.27. The molecule has 130 valence electrons. The van der Waals surface area contributed by atoms with Crippen molar-refractivity contribution in [2.24, 2.45) is 21.1 Å². The third kappa shape index (κ3) is 2.43. The van der Waals surface area contributed by atoms with Crippen molar-refractivity contribution in [2.45, 2.75) is 19.9 Å². The molecule has 9 heteroatoms. The fraction of sp³-hybridized carbons (Fsp3) is 0.438. The van der Waals surface area contributed by atoms with Crippen LogP contribution in [0.5, 0.6) is 0 Å². The van der Waals surface area contributed by atoms with Crippen molar-refractivity contribution in [1.82, 2.24) is 39.2 Å². The lowest BCUT2D eigenvalue weighted by atomic mass is 10.0. The average Bonchev–Trinajstić information content (AvgIpc) is 3.24. The molecule has 4 rings (SSSR count). The summed E-state index contributed by atoms with van der Waals surface area (Å²) in [4.78, 5) is 14.8. The summed E-state index contributed by atoms with van der Waals surface area (Å²) in [5.41, 5.74) is 4.41. The van der Waals surface area contributed by atoms with E-state index in [0.29, 0.717) is 24.6 Å². The number of fused-ring (bicyclic) bond motifs is 1. The Bertz CT molecular complexity index is 963. The van der Waals surface area contributed by atoms with Crippen molar-refractivity contribution in [3.63, 3.8) is 0 Å². The maximum Gasteiger partial charge on any atom is 0.272 e. The van der Waals surface area contributed by atoms with E-state index < -0.39 is 0 Å². The zero-order valence-corrected chi connectivity index (χ0v) is 14.8.